The molecule has 1 N–H and O–H groups in total. The molecule has 0 spiro atoms. The first-order chi connectivity index (χ1) is 10.4. The number of hydrogen-bond donors (Lipinski definition) is 1. The average Bonchev–Trinajstić information content (AvgIpc) is 2.43. The van der Waals surface area contributed by atoms with E-state index in [-0.39, 0.29) is 17.7 Å². The zero-order chi connectivity index (χ0) is 16.2. The number of amides is 2. The minimum atomic E-state index is -0.275. The van der Waals surface area contributed by atoms with Crippen LogP contribution in [0.4, 0.5) is 4.79 Å². The molecule has 1 saturated heterocycles. The summed E-state index contributed by atoms with van der Waals surface area (Å²) in [6.07, 6.45) is 5.45. The Balaban J connectivity index is 1.67. The van der Waals surface area contributed by atoms with E-state index in [1.807, 2.05) is 25.7 Å². The van der Waals surface area contributed by atoms with Crippen LogP contribution in [-0.2, 0) is 9.47 Å². The van der Waals surface area contributed by atoms with Crippen molar-refractivity contribution in [1.29, 1.82) is 0 Å². The number of ether oxygens (including phenoxy) is 2. The average molecular weight is 312 g/mol. The van der Waals surface area contributed by atoms with Gasteiger partial charge in [0, 0.05) is 13.1 Å². The predicted octanol–water partition coefficient (Wildman–Crippen LogP) is 2.79. The summed E-state index contributed by atoms with van der Waals surface area (Å²) in [5.41, 5.74) is -0.275. The molecule has 128 valence electrons. The van der Waals surface area contributed by atoms with Gasteiger partial charge in [-0.15, -0.1) is 0 Å². The van der Waals surface area contributed by atoms with E-state index in [0.29, 0.717) is 38.3 Å². The number of rotatable bonds is 4. The van der Waals surface area contributed by atoms with Crippen molar-refractivity contribution in [1.82, 2.24) is 10.2 Å². The summed E-state index contributed by atoms with van der Waals surface area (Å²) < 4.78 is 11.8. The standard InChI is InChI=1S/C17H32N2O3/c1-13-7-5-6-8-15(13)21-10-9-18-16(20)19-11-14(2)22-17(3,4)12-19/h13-15H,5-12H2,1-4H3,(H,18,20)/t13-,14-,15-/m1/s1. The first kappa shape index (κ1) is 17.5. The van der Waals surface area contributed by atoms with Gasteiger partial charge < -0.3 is 19.7 Å². The Morgan fingerprint density at radius 2 is 2.05 bits per heavy atom. The van der Waals surface area contributed by atoms with Gasteiger partial charge in [0.2, 0.25) is 0 Å². The Morgan fingerprint density at radius 3 is 2.73 bits per heavy atom. The lowest BCUT2D eigenvalue weighted by molar-refractivity contribution is -0.117. The Labute approximate surface area is 134 Å². The molecule has 2 amide bonds. The summed E-state index contributed by atoms with van der Waals surface area (Å²) in [6.45, 7) is 10.8. The third kappa shape index (κ3) is 5.13. The molecule has 2 fully saturated rings. The number of urea groups is 1. The van der Waals surface area contributed by atoms with Gasteiger partial charge in [-0.2, -0.15) is 0 Å². The van der Waals surface area contributed by atoms with Crippen molar-refractivity contribution in [3.63, 3.8) is 0 Å². The smallest absolute Gasteiger partial charge is 0.317 e. The summed E-state index contributed by atoms with van der Waals surface area (Å²) in [5.74, 6) is 0.644. The van der Waals surface area contributed by atoms with Crippen molar-refractivity contribution in [3.05, 3.63) is 0 Å². The minimum absolute atomic E-state index is 0.0106. The van der Waals surface area contributed by atoms with Crippen molar-refractivity contribution in [3.8, 4) is 0 Å². The van der Waals surface area contributed by atoms with Crippen LogP contribution in [0.1, 0.15) is 53.4 Å². The van der Waals surface area contributed by atoms with Crippen LogP contribution in [0, 0.1) is 5.92 Å². The van der Waals surface area contributed by atoms with E-state index in [1.54, 1.807) is 0 Å². The van der Waals surface area contributed by atoms with Crippen molar-refractivity contribution < 1.29 is 14.3 Å². The molecule has 1 aliphatic heterocycles. The summed E-state index contributed by atoms with van der Waals surface area (Å²) >= 11 is 0. The number of morpholine rings is 1. The quantitative estimate of drug-likeness (QED) is 0.812. The third-order valence-electron chi connectivity index (χ3n) is 4.60. The number of nitrogens with zero attached hydrogens (tertiary/aromatic N) is 1. The molecular weight excluding hydrogens is 280 g/mol. The van der Waals surface area contributed by atoms with Gasteiger partial charge in [0.15, 0.2) is 0 Å². The molecule has 5 nitrogen and oxygen atoms in total. The molecule has 22 heavy (non-hydrogen) atoms. The highest BCUT2D eigenvalue weighted by Gasteiger charge is 2.33. The van der Waals surface area contributed by atoms with Gasteiger partial charge in [-0.25, -0.2) is 4.79 Å². The van der Waals surface area contributed by atoms with Crippen LogP contribution in [0.3, 0.4) is 0 Å². The molecule has 1 heterocycles. The second kappa shape index (κ2) is 7.64. The molecule has 2 rings (SSSR count). The molecule has 1 saturated carbocycles. The molecular formula is C17H32N2O3. The molecule has 5 heteroatoms. The molecule has 0 aromatic carbocycles. The fourth-order valence-corrected chi connectivity index (χ4v) is 3.62. The van der Waals surface area contributed by atoms with Gasteiger partial charge in [-0.1, -0.05) is 19.8 Å². The number of nitrogens with one attached hydrogen (secondary N) is 1. The highest BCUT2D eigenvalue weighted by atomic mass is 16.5. The Kier molecular flexibility index (Phi) is 6.09. The lowest BCUT2D eigenvalue weighted by Crippen LogP contribution is -2.56. The monoisotopic (exact) mass is 312 g/mol. The molecule has 3 atom stereocenters. The van der Waals surface area contributed by atoms with Gasteiger partial charge in [-0.3, -0.25) is 0 Å². The third-order valence-corrected chi connectivity index (χ3v) is 4.60. The van der Waals surface area contributed by atoms with E-state index in [2.05, 4.69) is 12.2 Å². The lowest BCUT2D eigenvalue weighted by Gasteiger charge is -2.41. The number of carbonyl (C=O) groups excluding carboxylic acids is 1. The minimum Gasteiger partial charge on any atom is -0.376 e. The topological polar surface area (TPSA) is 50.8 Å². The maximum absolute atomic E-state index is 12.3. The van der Waals surface area contributed by atoms with Crippen LogP contribution in [0.15, 0.2) is 0 Å². The van der Waals surface area contributed by atoms with Gasteiger partial charge in [0.05, 0.1) is 31.0 Å². The lowest BCUT2D eigenvalue weighted by atomic mass is 9.88. The molecule has 0 aromatic heterocycles. The van der Waals surface area contributed by atoms with Gasteiger partial charge >= 0.3 is 6.03 Å². The number of hydrogen-bond acceptors (Lipinski definition) is 3. The van der Waals surface area contributed by atoms with Crippen molar-refractivity contribution in [2.45, 2.75) is 71.2 Å². The van der Waals surface area contributed by atoms with Gasteiger partial charge in [0.25, 0.3) is 0 Å². The van der Waals surface area contributed by atoms with E-state index in [1.165, 1.54) is 19.3 Å². The van der Waals surface area contributed by atoms with E-state index < -0.39 is 0 Å². The fourth-order valence-electron chi connectivity index (χ4n) is 3.62. The van der Waals surface area contributed by atoms with Crippen LogP contribution >= 0.6 is 0 Å². The molecule has 2 aliphatic rings. The SMILES string of the molecule is C[C@@H]1CN(C(=O)NCCO[C@@H]2CCCC[C@H]2C)CC(C)(C)O1. The zero-order valence-electron chi connectivity index (χ0n) is 14.6. The summed E-state index contributed by atoms with van der Waals surface area (Å²) in [7, 11) is 0. The van der Waals surface area contributed by atoms with E-state index in [4.69, 9.17) is 9.47 Å². The normalized spacial score (nSPS) is 31.8. The largest absolute Gasteiger partial charge is 0.376 e. The number of carbonyl (C=O) groups is 1. The van der Waals surface area contributed by atoms with E-state index in [0.717, 1.165) is 6.42 Å². The van der Waals surface area contributed by atoms with E-state index >= 15 is 0 Å². The van der Waals surface area contributed by atoms with E-state index in [9.17, 15) is 4.79 Å². The Morgan fingerprint density at radius 1 is 1.32 bits per heavy atom. The molecule has 1 aliphatic carbocycles. The second-order valence-electron chi connectivity index (χ2n) is 7.47. The summed E-state index contributed by atoms with van der Waals surface area (Å²) in [5, 5.41) is 2.97. The van der Waals surface area contributed by atoms with Crippen LogP contribution < -0.4 is 5.32 Å². The van der Waals surface area contributed by atoms with Gasteiger partial charge in [0.1, 0.15) is 0 Å². The molecule has 0 radical (unpaired) electrons. The van der Waals surface area contributed by atoms with Crippen molar-refractivity contribution >= 4 is 6.03 Å². The predicted molar refractivity (Wildman–Crippen MR) is 87.0 cm³/mol. The van der Waals surface area contributed by atoms with Crippen molar-refractivity contribution in [2.24, 2.45) is 5.92 Å². The molecule has 0 aromatic rings. The van der Waals surface area contributed by atoms with Crippen molar-refractivity contribution in [2.75, 3.05) is 26.2 Å². The Hall–Kier alpha value is -0.810. The maximum atomic E-state index is 12.3. The zero-order valence-corrected chi connectivity index (χ0v) is 14.6. The van der Waals surface area contributed by atoms with Crippen LogP contribution in [-0.4, -0.2) is 55.0 Å². The van der Waals surface area contributed by atoms with Crippen LogP contribution in [0.2, 0.25) is 0 Å². The van der Waals surface area contributed by atoms with Crippen LogP contribution in [0.25, 0.3) is 0 Å². The highest BCUT2D eigenvalue weighted by Crippen LogP contribution is 2.26. The molecule has 0 unspecified atom stereocenters. The highest BCUT2D eigenvalue weighted by molar-refractivity contribution is 5.74. The maximum Gasteiger partial charge on any atom is 0.317 e. The fraction of sp³-hybridized carbons (Fsp3) is 0.941. The first-order valence-corrected chi connectivity index (χ1v) is 8.69. The van der Waals surface area contributed by atoms with Crippen LogP contribution in [0.5, 0.6) is 0 Å². The Bertz CT molecular complexity index is 373. The molecule has 0 bridgehead atoms. The van der Waals surface area contributed by atoms with Gasteiger partial charge in [-0.05, 0) is 39.5 Å². The summed E-state index contributed by atoms with van der Waals surface area (Å²) in [6, 6.07) is -0.0106. The second-order valence-corrected chi connectivity index (χ2v) is 7.47. The summed E-state index contributed by atoms with van der Waals surface area (Å²) in [4.78, 5) is 14.1. The first-order valence-electron chi connectivity index (χ1n) is 8.69.